The summed E-state index contributed by atoms with van der Waals surface area (Å²) in [5.74, 6) is -5.95. The van der Waals surface area contributed by atoms with Crippen molar-refractivity contribution in [2.45, 2.75) is 44.9 Å². The molecule has 2 rings (SSSR count). The highest BCUT2D eigenvalue weighted by Gasteiger charge is 2.54. The number of halogens is 3. The van der Waals surface area contributed by atoms with Crippen LogP contribution in [0.25, 0.3) is 0 Å². The molecule has 0 aromatic carbocycles. The molecule has 0 aromatic heterocycles. The van der Waals surface area contributed by atoms with E-state index in [1.54, 1.807) is 13.8 Å². The molecule has 0 aromatic rings. The van der Waals surface area contributed by atoms with Crippen molar-refractivity contribution in [3.8, 4) is 0 Å². The van der Waals surface area contributed by atoms with Gasteiger partial charge in [-0.2, -0.15) is 13.2 Å². The molecule has 2 saturated heterocycles. The van der Waals surface area contributed by atoms with Gasteiger partial charge in [-0.3, -0.25) is 9.59 Å². The first-order chi connectivity index (χ1) is 11.5. The lowest BCUT2D eigenvalue weighted by atomic mass is 9.96. The topological polar surface area (TPSA) is 90.0 Å². The Bertz CT molecular complexity index is 553. The number of hydrogen-bond acceptors (Lipinski definition) is 3. The van der Waals surface area contributed by atoms with Crippen molar-refractivity contribution in [2.24, 2.45) is 11.8 Å². The van der Waals surface area contributed by atoms with Crippen molar-refractivity contribution in [1.29, 1.82) is 0 Å². The summed E-state index contributed by atoms with van der Waals surface area (Å²) >= 11 is 0. The molecule has 3 amide bonds. The van der Waals surface area contributed by atoms with Crippen molar-refractivity contribution in [3.05, 3.63) is 0 Å². The van der Waals surface area contributed by atoms with E-state index in [9.17, 15) is 27.6 Å². The number of carboxylic acid groups (broad SMARTS) is 1. The van der Waals surface area contributed by atoms with Gasteiger partial charge in [0.25, 0.3) is 0 Å². The molecule has 0 spiro atoms. The Hall–Kier alpha value is -2.00. The number of likely N-dealkylation sites (tertiary alicyclic amines) is 2. The van der Waals surface area contributed by atoms with E-state index in [2.05, 4.69) is 5.32 Å². The Balaban J connectivity index is 2.12. The second-order valence-electron chi connectivity index (χ2n) is 6.79. The molecule has 0 saturated carbocycles. The Morgan fingerprint density at radius 1 is 1.20 bits per heavy atom. The summed E-state index contributed by atoms with van der Waals surface area (Å²) in [5.41, 5.74) is 0. The maximum Gasteiger partial charge on any atom is 0.394 e. The molecule has 2 aliphatic rings. The standard InChI is InChI=1S/C15H22F3N3O4/c1-8(2)19-14(25)21-5-3-4-11(21)12(22)20-6-9(13(23)24)10(7-20)15(16,17)18/h8-11H,3-7H2,1-2H3,(H,19,25)(H,23,24)/t9-,10-,11+/m1/s1. The van der Waals surface area contributed by atoms with Crippen LogP contribution in [-0.2, 0) is 9.59 Å². The van der Waals surface area contributed by atoms with E-state index in [1.807, 2.05) is 0 Å². The average molecular weight is 365 g/mol. The number of nitrogens with zero attached hydrogens (tertiary/aromatic N) is 2. The van der Waals surface area contributed by atoms with Crippen LogP contribution in [0.4, 0.5) is 18.0 Å². The van der Waals surface area contributed by atoms with Gasteiger partial charge in [-0.1, -0.05) is 0 Å². The Labute approximate surface area is 143 Å². The number of urea groups is 1. The van der Waals surface area contributed by atoms with E-state index in [0.717, 1.165) is 4.90 Å². The van der Waals surface area contributed by atoms with Gasteiger partial charge in [-0.05, 0) is 26.7 Å². The zero-order valence-corrected chi connectivity index (χ0v) is 14.0. The van der Waals surface area contributed by atoms with Gasteiger partial charge in [0.1, 0.15) is 6.04 Å². The average Bonchev–Trinajstić information content (AvgIpc) is 3.12. The first-order valence-corrected chi connectivity index (χ1v) is 8.17. The molecule has 0 unspecified atom stereocenters. The van der Waals surface area contributed by atoms with E-state index in [0.29, 0.717) is 19.4 Å². The third-order valence-corrected chi connectivity index (χ3v) is 4.58. The zero-order chi connectivity index (χ0) is 18.9. The molecule has 0 aliphatic carbocycles. The molecular formula is C15H22F3N3O4. The minimum absolute atomic E-state index is 0.137. The van der Waals surface area contributed by atoms with Crippen molar-refractivity contribution >= 4 is 17.9 Å². The second kappa shape index (κ2) is 7.09. The molecular weight excluding hydrogens is 343 g/mol. The summed E-state index contributed by atoms with van der Waals surface area (Å²) in [7, 11) is 0. The van der Waals surface area contributed by atoms with Gasteiger partial charge >= 0.3 is 18.2 Å². The van der Waals surface area contributed by atoms with E-state index >= 15 is 0 Å². The summed E-state index contributed by atoms with van der Waals surface area (Å²) in [5, 5.41) is 11.7. The molecule has 0 bridgehead atoms. The maximum absolute atomic E-state index is 13.1. The molecule has 10 heteroatoms. The second-order valence-corrected chi connectivity index (χ2v) is 6.79. The summed E-state index contributed by atoms with van der Waals surface area (Å²) in [6.45, 7) is 2.69. The van der Waals surface area contributed by atoms with Gasteiger partial charge in [0.15, 0.2) is 0 Å². The van der Waals surface area contributed by atoms with Gasteiger partial charge in [-0.15, -0.1) is 0 Å². The lowest BCUT2D eigenvalue weighted by Crippen LogP contribution is -2.51. The van der Waals surface area contributed by atoms with Crippen LogP contribution in [0, 0.1) is 11.8 Å². The van der Waals surface area contributed by atoms with Crippen LogP contribution in [0.2, 0.25) is 0 Å². The van der Waals surface area contributed by atoms with Crippen molar-refractivity contribution in [2.75, 3.05) is 19.6 Å². The van der Waals surface area contributed by atoms with Crippen LogP contribution in [0.15, 0.2) is 0 Å². The third-order valence-electron chi connectivity index (χ3n) is 4.58. The fourth-order valence-corrected chi connectivity index (χ4v) is 3.37. The first-order valence-electron chi connectivity index (χ1n) is 8.17. The zero-order valence-electron chi connectivity index (χ0n) is 14.0. The summed E-state index contributed by atoms with van der Waals surface area (Å²) in [4.78, 5) is 38.2. The maximum atomic E-state index is 13.1. The van der Waals surface area contributed by atoms with Gasteiger partial charge in [-0.25, -0.2) is 4.79 Å². The molecule has 25 heavy (non-hydrogen) atoms. The quantitative estimate of drug-likeness (QED) is 0.789. The Morgan fingerprint density at radius 2 is 1.84 bits per heavy atom. The fourth-order valence-electron chi connectivity index (χ4n) is 3.37. The molecule has 2 N–H and O–H groups in total. The van der Waals surface area contributed by atoms with Crippen molar-refractivity contribution in [3.63, 3.8) is 0 Å². The van der Waals surface area contributed by atoms with Crippen LogP contribution in [0.3, 0.4) is 0 Å². The Morgan fingerprint density at radius 3 is 2.32 bits per heavy atom. The van der Waals surface area contributed by atoms with Gasteiger partial charge in [0.05, 0.1) is 11.8 Å². The number of nitrogens with one attached hydrogen (secondary N) is 1. The number of hydrogen-bond donors (Lipinski definition) is 2. The van der Waals surface area contributed by atoms with Gasteiger partial charge in [0, 0.05) is 25.7 Å². The van der Waals surface area contributed by atoms with E-state index in [-0.39, 0.29) is 6.04 Å². The summed E-state index contributed by atoms with van der Waals surface area (Å²) in [6, 6.07) is -1.42. The van der Waals surface area contributed by atoms with Crippen molar-refractivity contribution in [1.82, 2.24) is 15.1 Å². The van der Waals surface area contributed by atoms with Crippen molar-refractivity contribution < 1.29 is 32.7 Å². The lowest BCUT2D eigenvalue weighted by molar-refractivity contribution is -0.188. The Kier molecular flexibility index (Phi) is 5.48. The summed E-state index contributed by atoms with van der Waals surface area (Å²) < 4.78 is 39.2. The number of carbonyl (C=O) groups is 3. The van der Waals surface area contributed by atoms with Crippen LogP contribution < -0.4 is 5.32 Å². The highest BCUT2D eigenvalue weighted by Crippen LogP contribution is 2.38. The minimum atomic E-state index is -4.69. The number of amides is 3. The monoisotopic (exact) mass is 365 g/mol. The number of alkyl halides is 3. The van der Waals surface area contributed by atoms with Crippen LogP contribution >= 0.6 is 0 Å². The smallest absolute Gasteiger partial charge is 0.394 e. The third kappa shape index (κ3) is 4.16. The van der Waals surface area contributed by atoms with E-state index in [4.69, 9.17) is 5.11 Å². The molecule has 2 aliphatic heterocycles. The highest BCUT2D eigenvalue weighted by atomic mass is 19.4. The fraction of sp³-hybridized carbons (Fsp3) is 0.800. The SMILES string of the molecule is CC(C)NC(=O)N1CCC[C@H]1C(=O)N1C[C@@H](C(F)(F)F)[C@H](C(=O)O)C1. The number of carboxylic acids is 1. The normalized spacial score (nSPS) is 27.0. The van der Waals surface area contributed by atoms with Gasteiger partial charge < -0.3 is 20.2 Å². The molecule has 7 nitrogen and oxygen atoms in total. The molecule has 3 atom stereocenters. The lowest BCUT2D eigenvalue weighted by Gasteiger charge is -2.28. The number of aliphatic carboxylic acids is 1. The van der Waals surface area contributed by atoms with Crippen LogP contribution in [-0.4, -0.2) is 70.7 Å². The van der Waals surface area contributed by atoms with Gasteiger partial charge in [0.2, 0.25) is 5.91 Å². The predicted molar refractivity (Wildman–Crippen MR) is 80.6 cm³/mol. The molecule has 2 heterocycles. The highest BCUT2D eigenvalue weighted by molar-refractivity contribution is 5.88. The first kappa shape index (κ1) is 19.3. The minimum Gasteiger partial charge on any atom is -0.481 e. The molecule has 0 radical (unpaired) electrons. The van der Waals surface area contributed by atoms with E-state index < -0.39 is 55.1 Å². The molecule has 2 fully saturated rings. The van der Waals surface area contributed by atoms with Crippen LogP contribution in [0.5, 0.6) is 0 Å². The largest absolute Gasteiger partial charge is 0.481 e. The number of rotatable bonds is 3. The summed E-state index contributed by atoms with van der Waals surface area (Å²) in [6.07, 6.45) is -3.77. The van der Waals surface area contributed by atoms with Crippen LogP contribution in [0.1, 0.15) is 26.7 Å². The molecule has 142 valence electrons. The number of carbonyl (C=O) groups excluding carboxylic acids is 2. The van der Waals surface area contributed by atoms with E-state index in [1.165, 1.54) is 4.90 Å². The predicted octanol–water partition coefficient (Wildman–Crippen LogP) is 1.29.